The Kier molecular flexibility index (Phi) is 9.41. The molecule has 2 saturated heterocycles. The highest BCUT2D eigenvalue weighted by Gasteiger charge is 2.45. The molecule has 4 heterocycles. The average molecular weight is 603 g/mol. The lowest BCUT2D eigenvalue weighted by molar-refractivity contribution is -0.141. The van der Waals surface area contributed by atoms with Crippen LogP contribution >= 0.6 is 0 Å². The van der Waals surface area contributed by atoms with Crippen molar-refractivity contribution < 1.29 is 19.1 Å². The van der Waals surface area contributed by atoms with Crippen LogP contribution in [0.25, 0.3) is 5.69 Å². The Morgan fingerprint density at radius 1 is 1.02 bits per heavy atom. The topological polar surface area (TPSA) is 102 Å². The molecule has 2 aliphatic heterocycles. The van der Waals surface area contributed by atoms with Crippen LogP contribution in [0.2, 0.25) is 0 Å². The molecular formula is C34H46N6O4. The SMILES string of the molecule is COC(=O)C[C@H](CN1CC2(CCN(Cc3cccc(NC(=O)OC(C)(C)C)n3)CC2)C1)c1cccc(-n2nc(C)cc2C)c1. The van der Waals surface area contributed by atoms with E-state index in [4.69, 9.17) is 9.47 Å². The molecule has 2 aromatic heterocycles. The zero-order valence-corrected chi connectivity index (χ0v) is 26.9. The van der Waals surface area contributed by atoms with Gasteiger partial charge in [0.2, 0.25) is 0 Å². The molecule has 2 aliphatic rings. The number of aryl methyl sites for hydroxylation is 2. The van der Waals surface area contributed by atoms with Crippen molar-refractivity contribution in [3.8, 4) is 5.69 Å². The molecular weight excluding hydrogens is 556 g/mol. The minimum Gasteiger partial charge on any atom is -0.469 e. The van der Waals surface area contributed by atoms with Crippen LogP contribution in [0.4, 0.5) is 10.6 Å². The number of hydrogen-bond acceptors (Lipinski definition) is 8. The average Bonchev–Trinajstić information content (AvgIpc) is 3.29. The molecule has 1 atom stereocenters. The lowest BCUT2D eigenvalue weighted by atomic mass is 9.71. The van der Waals surface area contributed by atoms with E-state index in [-0.39, 0.29) is 11.9 Å². The fourth-order valence-corrected chi connectivity index (χ4v) is 6.49. The number of piperidine rings is 1. The van der Waals surface area contributed by atoms with Crippen molar-refractivity contribution in [1.29, 1.82) is 0 Å². The number of methoxy groups -OCH3 is 1. The van der Waals surface area contributed by atoms with Crippen molar-refractivity contribution in [2.75, 3.05) is 45.2 Å². The van der Waals surface area contributed by atoms with Crippen LogP contribution in [0.5, 0.6) is 0 Å². The Hall–Kier alpha value is -3.76. The zero-order valence-electron chi connectivity index (χ0n) is 26.9. The van der Waals surface area contributed by atoms with Crippen molar-refractivity contribution in [3.05, 3.63) is 71.2 Å². The summed E-state index contributed by atoms with van der Waals surface area (Å²) in [5.74, 6) is 0.361. The Balaban J connectivity index is 1.15. The highest BCUT2D eigenvalue weighted by Crippen LogP contribution is 2.42. The van der Waals surface area contributed by atoms with Gasteiger partial charge in [0.25, 0.3) is 0 Å². The molecule has 3 aromatic rings. The van der Waals surface area contributed by atoms with Gasteiger partial charge in [-0.2, -0.15) is 5.10 Å². The van der Waals surface area contributed by atoms with E-state index < -0.39 is 11.7 Å². The van der Waals surface area contributed by atoms with E-state index in [1.54, 1.807) is 6.07 Å². The van der Waals surface area contributed by atoms with E-state index in [1.165, 1.54) is 7.11 Å². The molecule has 236 valence electrons. The predicted molar refractivity (Wildman–Crippen MR) is 170 cm³/mol. The quantitative estimate of drug-likeness (QED) is 0.322. The number of nitrogens with zero attached hydrogens (tertiary/aromatic N) is 5. The summed E-state index contributed by atoms with van der Waals surface area (Å²) in [6.07, 6.45) is 2.12. The van der Waals surface area contributed by atoms with E-state index in [0.29, 0.717) is 17.7 Å². The summed E-state index contributed by atoms with van der Waals surface area (Å²) >= 11 is 0. The summed E-state index contributed by atoms with van der Waals surface area (Å²) < 4.78 is 12.4. The molecule has 0 unspecified atom stereocenters. The Morgan fingerprint density at radius 2 is 1.75 bits per heavy atom. The van der Waals surface area contributed by atoms with Gasteiger partial charge in [-0.1, -0.05) is 18.2 Å². The molecule has 1 spiro atoms. The van der Waals surface area contributed by atoms with Gasteiger partial charge in [-0.15, -0.1) is 0 Å². The summed E-state index contributed by atoms with van der Waals surface area (Å²) in [4.78, 5) is 34.1. The standard InChI is InChI=1S/C34H46N6O4/c1-24-17-25(2)40(37-24)29-11-7-9-26(18-29)27(19-31(41)43-6)20-39-22-34(23-39)13-15-38(16-14-34)21-28-10-8-12-30(35-28)36-32(42)44-33(3,4)5/h7-12,17-18,27H,13-16,19-23H2,1-6H3,(H,35,36,42)/t27-/m1/s1. The van der Waals surface area contributed by atoms with E-state index in [2.05, 4.69) is 62.5 Å². The third-order valence-electron chi connectivity index (χ3n) is 8.57. The van der Waals surface area contributed by atoms with Gasteiger partial charge in [0.15, 0.2) is 0 Å². The molecule has 10 nitrogen and oxygen atoms in total. The Bertz CT molecular complexity index is 1460. The van der Waals surface area contributed by atoms with Gasteiger partial charge < -0.3 is 14.4 Å². The fourth-order valence-electron chi connectivity index (χ4n) is 6.49. The van der Waals surface area contributed by atoms with E-state index >= 15 is 0 Å². The molecule has 10 heteroatoms. The number of esters is 1. The normalized spacial score (nSPS) is 17.6. The highest BCUT2D eigenvalue weighted by atomic mass is 16.6. The Morgan fingerprint density at radius 3 is 2.41 bits per heavy atom. The molecule has 0 bridgehead atoms. The first-order valence-electron chi connectivity index (χ1n) is 15.5. The summed E-state index contributed by atoms with van der Waals surface area (Å²) in [5, 5.41) is 7.39. The first kappa shape index (κ1) is 31.7. The Labute approximate surface area is 260 Å². The molecule has 44 heavy (non-hydrogen) atoms. The van der Waals surface area contributed by atoms with Gasteiger partial charge in [-0.3, -0.25) is 15.0 Å². The summed E-state index contributed by atoms with van der Waals surface area (Å²) in [5.41, 5.74) is 4.90. The van der Waals surface area contributed by atoms with Crippen LogP contribution in [-0.2, 0) is 20.8 Å². The van der Waals surface area contributed by atoms with Gasteiger partial charge in [0.1, 0.15) is 11.4 Å². The number of aromatic nitrogens is 3. The van der Waals surface area contributed by atoms with Crippen LogP contribution in [0.15, 0.2) is 48.5 Å². The molecule has 1 N–H and O–H groups in total. The van der Waals surface area contributed by atoms with Crippen molar-refractivity contribution in [2.24, 2.45) is 5.41 Å². The van der Waals surface area contributed by atoms with Gasteiger partial charge in [0, 0.05) is 37.8 Å². The summed E-state index contributed by atoms with van der Waals surface area (Å²) in [6, 6.07) is 16.2. The second-order valence-electron chi connectivity index (χ2n) is 13.5. The molecule has 0 aliphatic carbocycles. The molecule has 1 aromatic carbocycles. The van der Waals surface area contributed by atoms with Crippen molar-refractivity contribution >= 4 is 17.9 Å². The number of pyridine rings is 1. The minimum absolute atomic E-state index is 0.0458. The number of anilines is 1. The molecule has 1 amide bonds. The number of hydrogen-bond donors (Lipinski definition) is 1. The van der Waals surface area contributed by atoms with Gasteiger partial charge in [0.05, 0.1) is 30.6 Å². The van der Waals surface area contributed by atoms with Crippen molar-refractivity contribution in [3.63, 3.8) is 0 Å². The van der Waals surface area contributed by atoms with E-state index in [0.717, 1.165) is 80.4 Å². The number of rotatable bonds is 9. The van der Waals surface area contributed by atoms with E-state index in [1.807, 2.05) is 44.5 Å². The fraction of sp³-hybridized carbons (Fsp3) is 0.529. The van der Waals surface area contributed by atoms with Crippen LogP contribution in [0.3, 0.4) is 0 Å². The van der Waals surface area contributed by atoms with Crippen molar-refractivity contribution in [1.82, 2.24) is 24.6 Å². The maximum atomic E-state index is 12.4. The molecule has 0 radical (unpaired) electrons. The third-order valence-corrected chi connectivity index (χ3v) is 8.57. The third kappa shape index (κ3) is 8.04. The number of likely N-dealkylation sites (tertiary alicyclic amines) is 2. The van der Waals surface area contributed by atoms with E-state index in [9.17, 15) is 9.59 Å². The summed E-state index contributed by atoms with van der Waals surface area (Å²) in [7, 11) is 1.46. The lowest BCUT2D eigenvalue weighted by Gasteiger charge is -2.55. The number of carbonyl (C=O) groups excluding carboxylic acids is 2. The van der Waals surface area contributed by atoms with Gasteiger partial charge in [-0.05, 0) is 102 Å². The smallest absolute Gasteiger partial charge is 0.413 e. The molecule has 5 rings (SSSR count). The number of benzene rings is 1. The largest absolute Gasteiger partial charge is 0.469 e. The lowest BCUT2D eigenvalue weighted by Crippen LogP contribution is -2.60. The first-order chi connectivity index (χ1) is 20.9. The maximum absolute atomic E-state index is 12.4. The second-order valence-corrected chi connectivity index (χ2v) is 13.5. The predicted octanol–water partition coefficient (Wildman–Crippen LogP) is 5.48. The van der Waals surface area contributed by atoms with Gasteiger partial charge in [-0.25, -0.2) is 14.5 Å². The van der Waals surface area contributed by atoms with Crippen LogP contribution < -0.4 is 5.32 Å². The van der Waals surface area contributed by atoms with Crippen LogP contribution in [-0.4, -0.2) is 82.1 Å². The number of carbonyl (C=O) groups is 2. The minimum atomic E-state index is -0.560. The summed E-state index contributed by atoms with van der Waals surface area (Å²) in [6.45, 7) is 15.2. The first-order valence-corrected chi connectivity index (χ1v) is 15.5. The molecule has 0 saturated carbocycles. The highest BCUT2D eigenvalue weighted by molar-refractivity contribution is 5.83. The number of ether oxygens (including phenoxy) is 2. The van der Waals surface area contributed by atoms with Crippen LogP contribution in [0, 0.1) is 19.3 Å². The molecule has 2 fully saturated rings. The monoisotopic (exact) mass is 602 g/mol. The number of nitrogens with one attached hydrogen (secondary N) is 1. The second kappa shape index (κ2) is 13.1. The zero-order chi connectivity index (χ0) is 31.5. The van der Waals surface area contributed by atoms with Gasteiger partial charge >= 0.3 is 12.1 Å². The van der Waals surface area contributed by atoms with Crippen LogP contribution in [0.1, 0.15) is 68.6 Å². The van der Waals surface area contributed by atoms with Crippen molar-refractivity contribution in [2.45, 2.75) is 71.9 Å². The maximum Gasteiger partial charge on any atom is 0.413 e. The number of amides is 1.